The SMILES string of the molecule is Cc1nc(C(=O)N2CCC3(c4ccccc4)CC2C3)ccc1OCCOC(F)(F)F. The van der Waals surface area contributed by atoms with E-state index in [2.05, 4.69) is 34.0 Å². The van der Waals surface area contributed by atoms with Crippen LogP contribution in [0.2, 0.25) is 0 Å². The molecular formula is C22H23F3N2O3. The number of alkyl halides is 3. The molecule has 0 N–H and O–H groups in total. The van der Waals surface area contributed by atoms with Crippen molar-refractivity contribution >= 4 is 5.91 Å². The molecule has 1 amide bonds. The number of amides is 1. The Morgan fingerprint density at radius 2 is 1.90 bits per heavy atom. The van der Waals surface area contributed by atoms with E-state index in [4.69, 9.17) is 4.74 Å². The molecule has 2 aromatic rings. The van der Waals surface area contributed by atoms with Gasteiger partial charge in [0.2, 0.25) is 0 Å². The second-order valence-electron chi connectivity index (χ2n) is 7.88. The van der Waals surface area contributed by atoms with Gasteiger partial charge in [-0.2, -0.15) is 0 Å². The number of hydrogen-bond acceptors (Lipinski definition) is 4. The van der Waals surface area contributed by atoms with Gasteiger partial charge in [0.1, 0.15) is 18.1 Å². The van der Waals surface area contributed by atoms with E-state index in [9.17, 15) is 18.0 Å². The molecule has 5 rings (SSSR count). The molecule has 0 radical (unpaired) electrons. The van der Waals surface area contributed by atoms with Gasteiger partial charge in [0.05, 0.1) is 12.3 Å². The van der Waals surface area contributed by atoms with E-state index in [1.165, 1.54) is 5.56 Å². The molecular weight excluding hydrogens is 397 g/mol. The second kappa shape index (κ2) is 7.91. The Bertz CT molecular complexity index is 906. The molecule has 3 heterocycles. The molecule has 160 valence electrons. The normalized spacial score (nSPS) is 23.1. The van der Waals surface area contributed by atoms with Crippen molar-refractivity contribution in [2.45, 2.75) is 44.0 Å². The summed E-state index contributed by atoms with van der Waals surface area (Å²) in [5.74, 6) is 0.221. The van der Waals surface area contributed by atoms with Crippen LogP contribution in [-0.2, 0) is 10.2 Å². The molecule has 8 heteroatoms. The molecule has 1 aromatic heterocycles. The van der Waals surface area contributed by atoms with Crippen LogP contribution in [0, 0.1) is 6.92 Å². The molecule has 0 atom stereocenters. The van der Waals surface area contributed by atoms with Crippen LogP contribution in [0.1, 0.15) is 41.0 Å². The van der Waals surface area contributed by atoms with Crippen molar-refractivity contribution in [2.24, 2.45) is 0 Å². The summed E-state index contributed by atoms with van der Waals surface area (Å²) in [6.07, 6.45) is -1.83. The Balaban J connectivity index is 1.35. The van der Waals surface area contributed by atoms with Crippen molar-refractivity contribution in [1.29, 1.82) is 0 Å². The monoisotopic (exact) mass is 420 g/mol. The Morgan fingerprint density at radius 3 is 2.50 bits per heavy atom. The highest BCUT2D eigenvalue weighted by Crippen LogP contribution is 2.52. The minimum Gasteiger partial charge on any atom is -0.489 e. The summed E-state index contributed by atoms with van der Waals surface area (Å²) in [6, 6.07) is 13.8. The molecule has 30 heavy (non-hydrogen) atoms. The zero-order chi connectivity index (χ0) is 21.4. The maximum atomic E-state index is 13.0. The quantitative estimate of drug-likeness (QED) is 0.656. The van der Waals surface area contributed by atoms with Gasteiger partial charge in [-0.1, -0.05) is 30.3 Å². The number of halogens is 3. The van der Waals surface area contributed by atoms with Crippen LogP contribution in [0.15, 0.2) is 42.5 Å². The first kappa shape index (κ1) is 20.7. The Kier molecular flexibility index (Phi) is 5.44. The fourth-order valence-corrected chi connectivity index (χ4v) is 4.50. The Labute approximate surface area is 172 Å². The highest BCUT2D eigenvalue weighted by molar-refractivity contribution is 5.93. The number of ether oxygens (including phenoxy) is 2. The van der Waals surface area contributed by atoms with E-state index < -0.39 is 13.0 Å². The van der Waals surface area contributed by atoms with Crippen LogP contribution in [0.25, 0.3) is 0 Å². The molecule has 3 aliphatic rings. The third-order valence-electron chi connectivity index (χ3n) is 6.03. The molecule has 2 saturated heterocycles. The van der Waals surface area contributed by atoms with E-state index >= 15 is 0 Å². The number of nitrogens with zero attached hydrogens (tertiary/aromatic N) is 2. The van der Waals surface area contributed by atoms with Gasteiger partial charge in [-0.15, -0.1) is 13.2 Å². The van der Waals surface area contributed by atoms with E-state index in [1.54, 1.807) is 19.1 Å². The van der Waals surface area contributed by atoms with Gasteiger partial charge >= 0.3 is 6.36 Å². The number of carbonyl (C=O) groups is 1. The van der Waals surface area contributed by atoms with E-state index in [1.807, 2.05) is 11.0 Å². The third-order valence-corrected chi connectivity index (χ3v) is 6.03. The lowest BCUT2D eigenvalue weighted by molar-refractivity contribution is -0.325. The number of pyridine rings is 1. The van der Waals surface area contributed by atoms with Crippen molar-refractivity contribution in [1.82, 2.24) is 9.88 Å². The number of piperidine rings is 2. The highest BCUT2D eigenvalue weighted by atomic mass is 19.4. The maximum Gasteiger partial charge on any atom is 0.522 e. The number of benzene rings is 1. The van der Waals surface area contributed by atoms with Crippen LogP contribution < -0.4 is 4.74 Å². The highest BCUT2D eigenvalue weighted by Gasteiger charge is 2.52. The number of aromatic nitrogens is 1. The lowest BCUT2D eigenvalue weighted by Gasteiger charge is -2.57. The standard InChI is InChI=1S/C22H23F3N2O3/c1-15-19(29-11-12-30-22(23,24)25)8-7-18(26-15)20(28)27-10-9-21(13-17(27)14-21)16-5-3-2-4-6-16/h2-8,17H,9-14H2,1H3. The van der Waals surface area contributed by atoms with Crippen LogP contribution in [-0.4, -0.2) is 48.0 Å². The summed E-state index contributed by atoms with van der Waals surface area (Å²) < 4.78 is 45.0. The minimum absolute atomic E-state index is 0.114. The Hall–Kier alpha value is -2.61. The first-order chi connectivity index (χ1) is 14.3. The van der Waals surface area contributed by atoms with Gasteiger partial charge in [0.25, 0.3) is 5.91 Å². The minimum atomic E-state index is -4.68. The number of rotatable bonds is 6. The first-order valence-electron chi connectivity index (χ1n) is 9.95. The molecule has 0 spiro atoms. The van der Waals surface area contributed by atoms with Crippen LogP contribution >= 0.6 is 0 Å². The number of fused-ring (bicyclic) bond motifs is 2. The molecule has 0 unspecified atom stereocenters. The summed E-state index contributed by atoms with van der Waals surface area (Å²) in [5, 5.41) is 0. The molecule has 1 aliphatic carbocycles. The van der Waals surface area contributed by atoms with Gasteiger partial charge in [-0.05, 0) is 43.9 Å². The van der Waals surface area contributed by atoms with Gasteiger partial charge < -0.3 is 9.64 Å². The molecule has 5 nitrogen and oxygen atoms in total. The summed E-state index contributed by atoms with van der Waals surface area (Å²) in [5.41, 5.74) is 2.31. The summed E-state index contributed by atoms with van der Waals surface area (Å²) in [7, 11) is 0. The summed E-state index contributed by atoms with van der Waals surface area (Å²) >= 11 is 0. The topological polar surface area (TPSA) is 51.7 Å². The first-order valence-corrected chi connectivity index (χ1v) is 9.95. The number of hydrogen-bond donors (Lipinski definition) is 0. The smallest absolute Gasteiger partial charge is 0.489 e. The second-order valence-corrected chi connectivity index (χ2v) is 7.88. The fourth-order valence-electron chi connectivity index (χ4n) is 4.50. The van der Waals surface area contributed by atoms with Crippen LogP contribution in [0.5, 0.6) is 5.75 Å². The average Bonchev–Trinajstić information content (AvgIpc) is 2.70. The number of aryl methyl sites for hydroxylation is 1. The zero-order valence-corrected chi connectivity index (χ0v) is 16.6. The summed E-state index contributed by atoms with van der Waals surface area (Å²) in [6.45, 7) is 1.48. The molecule has 1 aromatic carbocycles. The maximum absolute atomic E-state index is 13.0. The van der Waals surface area contributed by atoms with Crippen molar-refractivity contribution in [3.8, 4) is 5.75 Å². The van der Waals surface area contributed by atoms with Crippen LogP contribution in [0.3, 0.4) is 0 Å². The predicted octanol–water partition coefficient (Wildman–Crippen LogP) is 4.25. The third kappa shape index (κ3) is 4.14. The molecule has 2 aliphatic heterocycles. The van der Waals surface area contributed by atoms with Gasteiger partial charge in [-0.3, -0.25) is 9.53 Å². The zero-order valence-electron chi connectivity index (χ0n) is 16.6. The van der Waals surface area contributed by atoms with Crippen molar-refractivity contribution < 1.29 is 27.4 Å². The van der Waals surface area contributed by atoms with Crippen molar-refractivity contribution in [3.05, 3.63) is 59.4 Å². The van der Waals surface area contributed by atoms with Crippen molar-refractivity contribution in [3.63, 3.8) is 0 Å². The van der Waals surface area contributed by atoms with E-state index in [0.29, 0.717) is 23.7 Å². The molecule has 1 saturated carbocycles. The largest absolute Gasteiger partial charge is 0.522 e. The average molecular weight is 420 g/mol. The van der Waals surface area contributed by atoms with Crippen LogP contribution in [0.4, 0.5) is 13.2 Å². The van der Waals surface area contributed by atoms with Gasteiger partial charge in [0, 0.05) is 18.0 Å². The fraction of sp³-hybridized carbons (Fsp3) is 0.455. The number of carbonyl (C=O) groups excluding carboxylic acids is 1. The molecule has 3 fully saturated rings. The lowest BCUT2D eigenvalue weighted by atomic mass is 9.57. The lowest BCUT2D eigenvalue weighted by Crippen LogP contribution is -2.61. The van der Waals surface area contributed by atoms with E-state index in [-0.39, 0.29) is 24.0 Å². The summed E-state index contributed by atoms with van der Waals surface area (Å²) in [4.78, 5) is 19.2. The Morgan fingerprint density at radius 1 is 1.17 bits per heavy atom. The van der Waals surface area contributed by atoms with Gasteiger partial charge in [-0.25, -0.2) is 4.98 Å². The van der Waals surface area contributed by atoms with Gasteiger partial charge in [0.15, 0.2) is 0 Å². The van der Waals surface area contributed by atoms with Crippen molar-refractivity contribution in [2.75, 3.05) is 19.8 Å². The van der Waals surface area contributed by atoms with E-state index in [0.717, 1.165) is 19.3 Å². The predicted molar refractivity (Wildman–Crippen MR) is 103 cm³/mol. The molecule has 2 bridgehead atoms.